The SMILES string of the molecule is O=C(CSCSCC[S+]([O-])CSCSCSC(=O)CSCSCC(=O)SCSCO)SCSCO. The van der Waals surface area contributed by atoms with E-state index in [2.05, 4.69) is 0 Å². The standard InChI is InChI=1S/C17H30O6S12/c18-6-28-11-32-15(20)3-25-8-24-1-2-35(23)14-31-10-30-13-34-17(22)5-27-9-26-4-16(21)33-12-29-7-19/h18-19H,1-14H2. The molecule has 35 heavy (non-hydrogen) atoms. The Morgan fingerprint density at radius 2 is 1.00 bits per heavy atom. The molecule has 0 spiro atoms. The van der Waals surface area contributed by atoms with Gasteiger partial charge in [0.1, 0.15) is 5.75 Å². The molecule has 1 unspecified atom stereocenters. The molecule has 0 aromatic carbocycles. The fourth-order valence-electron chi connectivity index (χ4n) is 1.50. The number of carbonyl (C=O) groups is 3. The van der Waals surface area contributed by atoms with Crippen molar-refractivity contribution in [3.63, 3.8) is 0 Å². The van der Waals surface area contributed by atoms with Crippen LogP contribution in [-0.4, -0.2) is 106 Å². The average molecular weight is 715 g/mol. The predicted molar refractivity (Wildman–Crippen MR) is 179 cm³/mol. The molecule has 6 nitrogen and oxygen atoms in total. The van der Waals surface area contributed by atoms with Crippen LogP contribution >= 0.6 is 129 Å². The van der Waals surface area contributed by atoms with Gasteiger partial charge in [0, 0.05) is 36.3 Å². The first-order valence-electron chi connectivity index (χ1n) is 9.65. The fraction of sp³-hybridized carbons (Fsp3) is 0.824. The third-order valence-corrected chi connectivity index (χ3v) is 17.2. The lowest BCUT2D eigenvalue weighted by Gasteiger charge is -2.10. The highest BCUT2D eigenvalue weighted by Gasteiger charge is 2.09. The molecule has 0 amide bonds. The van der Waals surface area contributed by atoms with E-state index in [1.807, 2.05) is 0 Å². The number of aliphatic hydroxyl groups excluding tert-OH is 2. The van der Waals surface area contributed by atoms with Gasteiger partial charge in [-0.25, -0.2) is 0 Å². The molecule has 0 saturated carbocycles. The van der Waals surface area contributed by atoms with Crippen molar-refractivity contribution in [2.45, 2.75) is 0 Å². The van der Waals surface area contributed by atoms with E-state index < -0.39 is 11.2 Å². The molecular weight excluding hydrogens is 685 g/mol. The van der Waals surface area contributed by atoms with Crippen LogP contribution in [0.3, 0.4) is 0 Å². The molecule has 0 aliphatic heterocycles. The van der Waals surface area contributed by atoms with E-state index in [0.717, 1.165) is 15.9 Å². The van der Waals surface area contributed by atoms with Gasteiger partial charge in [0.25, 0.3) is 0 Å². The van der Waals surface area contributed by atoms with Crippen molar-refractivity contribution in [3.8, 4) is 0 Å². The molecule has 0 saturated heterocycles. The number of rotatable bonds is 25. The summed E-state index contributed by atoms with van der Waals surface area (Å²) in [5, 5.41) is 22.4. The molecule has 0 bridgehead atoms. The first-order chi connectivity index (χ1) is 17.0. The van der Waals surface area contributed by atoms with Crippen LogP contribution in [0.4, 0.5) is 0 Å². The smallest absolute Gasteiger partial charge is 0.199 e. The van der Waals surface area contributed by atoms with Gasteiger partial charge in [-0.15, -0.1) is 82.3 Å². The third kappa shape index (κ3) is 29.9. The largest absolute Gasteiger partial charge is 0.616 e. The number of thioether (sulfide) groups is 11. The van der Waals surface area contributed by atoms with Crippen LogP contribution in [0.2, 0.25) is 0 Å². The minimum Gasteiger partial charge on any atom is -0.616 e. The molecular formula is C17H30O6S12. The molecule has 0 radical (unpaired) electrons. The van der Waals surface area contributed by atoms with Gasteiger partial charge in [-0.05, 0) is 11.2 Å². The van der Waals surface area contributed by atoms with Gasteiger partial charge in [0.2, 0.25) is 0 Å². The monoisotopic (exact) mass is 714 g/mol. The topological polar surface area (TPSA) is 115 Å². The normalized spacial score (nSPS) is 12.1. The van der Waals surface area contributed by atoms with E-state index in [0.29, 0.717) is 48.4 Å². The summed E-state index contributed by atoms with van der Waals surface area (Å²) in [6, 6.07) is 0. The van der Waals surface area contributed by atoms with Gasteiger partial charge in [0.05, 0.1) is 29.1 Å². The van der Waals surface area contributed by atoms with Crippen LogP contribution in [0, 0.1) is 0 Å². The van der Waals surface area contributed by atoms with E-state index in [1.165, 1.54) is 82.3 Å². The number of aliphatic hydroxyl groups is 2. The first kappa shape index (κ1) is 38.1. The predicted octanol–water partition coefficient (Wildman–Crippen LogP) is 4.98. The van der Waals surface area contributed by atoms with Crippen molar-refractivity contribution in [1.29, 1.82) is 0 Å². The molecule has 0 heterocycles. The lowest BCUT2D eigenvalue weighted by Crippen LogP contribution is -2.11. The molecule has 206 valence electrons. The highest BCUT2D eigenvalue weighted by Crippen LogP contribution is 2.23. The zero-order valence-corrected chi connectivity index (χ0v) is 28.6. The Labute approximate surface area is 258 Å². The zero-order valence-electron chi connectivity index (χ0n) is 18.8. The van der Waals surface area contributed by atoms with Crippen LogP contribution in [-0.2, 0) is 25.6 Å². The molecule has 0 aromatic heterocycles. The summed E-state index contributed by atoms with van der Waals surface area (Å²) in [5.74, 6) is 2.83. The van der Waals surface area contributed by atoms with Crippen LogP contribution in [0.5, 0.6) is 0 Å². The molecule has 0 aliphatic rings. The first-order valence-corrected chi connectivity index (χ1v) is 23.3. The van der Waals surface area contributed by atoms with E-state index in [1.54, 1.807) is 47.0 Å². The lowest BCUT2D eigenvalue weighted by atomic mass is 10.9. The number of hydrogen-bond donors (Lipinski definition) is 2. The summed E-state index contributed by atoms with van der Waals surface area (Å²) < 4.78 is 12.0. The lowest BCUT2D eigenvalue weighted by molar-refractivity contribution is -0.109. The van der Waals surface area contributed by atoms with Crippen molar-refractivity contribution in [2.24, 2.45) is 0 Å². The maximum Gasteiger partial charge on any atom is 0.199 e. The second-order valence-corrected chi connectivity index (χ2v) is 20.7. The molecule has 0 rings (SSSR count). The zero-order chi connectivity index (χ0) is 26.0. The highest BCUT2D eigenvalue weighted by atomic mass is 32.3. The van der Waals surface area contributed by atoms with Crippen LogP contribution in [0.15, 0.2) is 0 Å². The van der Waals surface area contributed by atoms with E-state index in [4.69, 9.17) is 10.2 Å². The Balaban J connectivity index is 3.41. The second-order valence-electron chi connectivity index (χ2n) is 5.55. The van der Waals surface area contributed by atoms with Gasteiger partial charge in [0.15, 0.2) is 20.4 Å². The van der Waals surface area contributed by atoms with E-state index >= 15 is 0 Å². The van der Waals surface area contributed by atoms with Gasteiger partial charge in [-0.3, -0.25) is 14.4 Å². The molecule has 1 atom stereocenters. The summed E-state index contributed by atoms with van der Waals surface area (Å²) in [5.41, 5.74) is 0. The maximum absolute atomic E-state index is 12.0. The van der Waals surface area contributed by atoms with Gasteiger partial charge >= 0.3 is 0 Å². The minimum atomic E-state index is -0.862. The van der Waals surface area contributed by atoms with E-state index in [9.17, 15) is 18.9 Å². The van der Waals surface area contributed by atoms with Gasteiger partial charge in [-0.1, -0.05) is 47.0 Å². The maximum atomic E-state index is 12.0. The highest BCUT2D eigenvalue weighted by molar-refractivity contribution is 8.29. The molecule has 18 heteroatoms. The number of hydrogen-bond acceptors (Lipinski definition) is 17. The summed E-state index contributed by atoms with van der Waals surface area (Å²) in [7, 11) is 0. The molecule has 0 aromatic rings. The van der Waals surface area contributed by atoms with Crippen LogP contribution in [0.25, 0.3) is 0 Å². The second kappa shape index (κ2) is 30.1. The quantitative estimate of drug-likeness (QED) is 0.0752. The Bertz CT molecular complexity index is 548. The molecule has 0 fully saturated rings. The minimum absolute atomic E-state index is 0.0255. The summed E-state index contributed by atoms with van der Waals surface area (Å²) in [6.07, 6.45) is 0. The number of carbonyl (C=O) groups excluding carboxylic acids is 3. The Morgan fingerprint density at radius 1 is 0.571 bits per heavy atom. The average Bonchev–Trinajstić information content (AvgIpc) is 2.83. The van der Waals surface area contributed by atoms with Gasteiger partial charge < -0.3 is 14.8 Å². The Morgan fingerprint density at radius 3 is 1.49 bits per heavy atom. The van der Waals surface area contributed by atoms with Crippen molar-refractivity contribution >= 4 is 156 Å². The van der Waals surface area contributed by atoms with E-state index in [-0.39, 0.29) is 27.2 Å². The van der Waals surface area contributed by atoms with Crippen LogP contribution < -0.4 is 0 Å². The molecule has 2 N–H and O–H groups in total. The molecule has 0 aliphatic carbocycles. The van der Waals surface area contributed by atoms with Crippen molar-refractivity contribution < 1.29 is 29.1 Å². The third-order valence-electron chi connectivity index (χ3n) is 2.92. The van der Waals surface area contributed by atoms with Gasteiger partial charge in [-0.2, -0.15) is 0 Å². The van der Waals surface area contributed by atoms with Crippen LogP contribution in [0.1, 0.15) is 0 Å². The summed E-state index contributed by atoms with van der Waals surface area (Å²) in [4.78, 5) is 35.0. The Hall–Kier alpha value is 3.09. The van der Waals surface area contributed by atoms with Crippen molar-refractivity contribution in [2.75, 3.05) is 76.2 Å². The van der Waals surface area contributed by atoms with Crippen molar-refractivity contribution in [1.82, 2.24) is 0 Å². The summed E-state index contributed by atoms with van der Waals surface area (Å²) in [6.45, 7) is 0. The fourth-order valence-corrected chi connectivity index (χ4v) is 14.0. The summed E-state index contributed by atoms with van der Waals surface area (Å²) >= 11 is 15.1. The van der Waals surface area contributed by atoms with Crippen molar-refractivity contribution in [3.05, 3.63) is 0 Å². The Kier molecular flexibility index (Phi) is 32.7.